The summed E-state index contributed by atoms with van der Waals surface area (Å²) in [5, 5.41) is 5.46. The zero-order valence-electron chi connectivity index (χ0n) is 16.5. The maximum atomic E-state index is 13.1. The highest BCUT2D eigenvalue weighted by molar-refractivity contribution is 6.24. The second kappa shape index (κ2) is 7.72. The summed E-state index contributed by atoms with van der Waals surface area (Å²) in [5.74, 6) is -2.02. The normalized spacial score (nSPS) is 19.5. The molecule has 4 N–H and O–H groups in total. The number of anilines is 1. The topological polar surface area (TPSA) is 122 Å². The Labute approximate surface area is 173 Å². The molecule has 0 spiro atoms. The molecule has 2 heterocycles. The number of imide groups is 2. The molecule has 0 bridgehead atoms. The molecule has 1 fully saturated rings. The number of nitrogens with one attached hydrogen (secondary N) is 2. The van der Waals surface area contributed by atoms with E-state index >= 15 is 0 Å². The molecule has 2 aliphatic heterocycles. The molecule has 4 rings (SSSR count). The Balaban J connectivity index is 1.55. The van der Waals surface area contributed by atoms with Gasteiger partial charge in [-0.1, -0.05) is 24.3 Å². The third kappa shape index (κ3) is 3.46. The van der Waals surface area contributed by atoms with Crippen LogP contribution in [-0.4, -0.2) is 34.6 Å². The van der Waals surface area contributed by atoms with Crippen molar-refractivity contribution in [3.63, 3.8) is 0 Å². The van der Waals surface area contributed by atoms with E-state index < -0.39 is 29.7 Å². The lowest BCUT2D eigenvalue weighted by molar-refractivity contribution is -0.136. The van der Waals surface area contributed by atoms with Crippen molar-refractivity contribution >= 4 is 29.3 Å². The summed E-state index contributed by atoms with van der Waals surface area (Å²) in [4.78, 5) is 50.5. The van der Waals surface area contributed by atoms with Crippen molar-refractivity contribution in [1.82, 2.24) is 10.2 Å². The third-order valence-electron chi connectivity index (χ3n) is 5.47. The Kier molecular flexibility index (Phi) is 5.09. The number of carbonyl (C=O) groups is 4. The number of carbonyl (C=O) groups excluding carboxylic acids is 4. The third-order valence-corrected chi connectivity index (χ3v) is 5.47. The largest absolute Gasteiger partial charge is 0.381 e. The Morgan fingerprint density at radius 2 is 1.83 bits per heavy atom. The number of amides is 4. The average molecular weight is 406 g/mol. The number of hydrogen-bond donors (Lipinski definition) is 3. The number of fused-ring (bicyclic) bond motifs is 1. The second-order valence-electron chi connectivity index (χ2n) is 7.55. The summed E-state index contributed by atoms with van der Waals surface area (Å²) in [6, 6.07) is 11.7. The Hall–Kier alpha value is -3.52. The summed E-state index contributed by atoms with van der Waals surface area (Å²) in [5.41, 5.74) is 8.98. The predicted octanol–water partition coefficient (Wildman–Crippen LogP) is 1.72. The van der Waals surface area contributed by atoms with E-state index in [1.165, 1.54) is 0 Å². The summed E-state index contributed by atoms with van der Waals surface area (Å²) >= 11 is 0. The first-order valence-electron chi connectivity index (χ1n) is 9.79. The van der Waals surface area contributed by atoms with Crippen molar-refractivity contribution < 1.29 is 19.2 Å². The highest BCUT2D eigenvalue weighted by Crippen LogP contribution is 2.30. The van der Waals surface area contributed by atoms with E-state index in [1.54, 1.807) is 18.2 Å². The lowest BCUT2D eigenvalue weighted by Crippen LogP contribution is -2.54. The van der Waals surface area contributed by atoms with E-state index in [2.05, 4.69) is 10.6 Å². The first-order chi connectivity index (χ1) is 14.4. The van der Waals surface area contributed by atoms with Gasteiger partial charge in [0.1, 0.15) is 6.04 Å². The number of rotatable bonds is 5. The summed E-state index contributed by atoms with van der Waals surface area (Å²) in [6.45, 7) is 2.25. The van der Waals surface area contributed by atoms with Gasteiger partial charge in [0.05, 0.1) is 11.1 Å². The van der Waals surface area contributed by atoms with Crippen LogP contribution in [0.15, 0.2) is 42.5 Å². The minimum absolute atomic E-state index is 0.0571. The average Bonchev–Trinajstić information content (AvgIpc) is 2.98. The first-order valence-corrected chi connectivity index (χ1v) is 9.79. The molecule has 2 aliphatic rings. The van der Waals surface area contributed by atoms with Gasteiger partial charge in [0.2, 0.25) is 11.8 Å². The molecular weight excluding hydrogens is 384 g/mol. The van der Waals surface area contributed by atoms with Crippen molar-refractivity contribution in [2.75, 3.05) is 5.32 Å². The zero-order chi connectivity index (χ0) is 21.4. The standard InChI is InChI=1S/C22H22N4O4/c1-12(23)13-5-7-15(8-6-13)24-11-14-3-2-4-16-19(14)22(30)26(21(16)29)17-9-10-18(27)25-20(17)28/h2-8,12,17,24H,9-11,23H2,1H3,(H,25,27,28)/t12-,17?/m0/s1. The lowest BCUT2D eigenvalue weighted by Gasteiger charge is -2.27. The molecule has 0 aromatic heterocycles. The van der Waals surface area contributed by atoms with Gasteiger partial charge in [-0.15, -0.1) is 0 Å². The SMILES string of the molecule is C[C@H](N)c1ccc(NCc2cccc3c2C(=O)N(C2CCC(=O)NC2=O)C3=O)cc1. The quantitative estimate of drug-likeness (QED) is 0.650. The molecule has 154 valence electrons. The highest BCUT2D eigenvalue weighted by Gasteiger charge is 2.45. The Morgan fingerprint density at radius 1 is 1.10 bits per heavy atom. The first kappa shape index (κ1) is 19.8. The second-order valence-corrected chi connectivity index (χ2v) is 7.55. The highest BCUT2D eigenvalue weighted by atomic mass is 16.2. The van der Waals surface area contributed by atoms with Crippen LogP contribution in [-0.2, 0) is 16.1 Å². The molecule has 2 atom stereocenters. The molecule has 4 amide bonds. The maximum absolute atomic E-state index is 13.1. The lowest BCUT2D eigenvalue weighted by atomic mass is 10.0. The van der Waals surface area contributed by atoms with Gasteiger partial charge in [0.15, 0.2) is 0 Å². The van der Waals surface area contributed by atoms with Crippen LogP contribution in [0.2, 0.25) is 0 Å². The van der Waals surface area contributed by atoms with Crippen LogP contribution in [0.4, 0.5) is 5.69 Å². The van der Waals surface area contributed by atoms with Crippen LogP contribution < -0.4 is 16.4 Å². The Bertz CT molecular complexity index is 1050. The zero-order valence-corrected chi connectivity index (χ0v) is 16.5. The van der Waals surface area contributed by atoms with Crippen LogP contribution in [0, 0.1) is 0 Å². The van der Waals surface area contributed by atoms with Gasteiger partial charge in [-0.05, 0) is 42.7 Å². The fraction of sp³-hybridized carbons (Fsp3) is 0.273. The molecular formula is C22H22N4O4. The molecule has 0 aliphatic carbocycles. The van der Waals surface area contributed by atoms with Gasteiger partial charge in [0.25, 0.3) is 11.8 Å². The monoisotopic (exact) mass is 406 g/mol. The molecule has 1 saturated heterocycles. The van der Waals surface area contributed by atoms with Crippen molar-refractivity contribution in [3.05, 3.63) is 64.7 Å². The molecule has 2 aromatic carbocycles. The van der Waals surface area contributed by atoms with Crippen LogP contribution in [0.1, 0.15) is 57.7 Å². The number of piperidine rings is 1. The molecule has 0 radical (unpaired) electrons. The predicted molar refractivity (Wildman–Crippen MR) is 109 cm³/mol. The van der Waals surface area contributed by atoms with Gasteiger partial charge in [0, 0.05) is 24.7 Å². The van der Waals surface area contributed by atoms with Crippen molar-refractivity contribution in [2.45, 2.75) is 38.4 Å². The molecule has 0 saturated carbocycles. The molecule has 2 aromatic rings. The van der Waals surface area contributed by atoms with Crippen molar-refractivity contribution in [2.24, 2.45) is 5.73 Å². The van der Waals surface area contributed by atoms with Crippen LogP contribution in [0.3, 0.4) is 0 Å². The van der Waals surface area contributed by atoms with Gasteiger partial charge in [-0.25, -0.2) is 0 Å². The van der Waals surface area contributed by atoms with E-state index in [0.717, 1.165) is 16.2 Å². The summed E-state index contributed by atoms with van der Waals surface area (Å²) in [7, 11) is 0. The van der Waals surface area contributed by atoms with Crippen LogP contribution in [0.25, 0.3) is 0 Å². The van der Waals surface area contributed by atoms with Gasteiger partial charge >= 0.3 is 0 Å². The van der Waals surface area contributed by atoms with Gasteiger partial charge in [-0.2, -0.15) is 0 Å². The summed E-state index contributed by atoms with van der Waals surface area (Å²) < 4.78 is 0. The summed E-state index contributed by atoms with van der Waals surface area (Å²) in [6.07, 6.45) is 0.227. The number of benzene rings is 2. The van der Waals surface area contributed by atoms with E-state index in [4.69, 9.17) is 5.73 Å². The van der Waals surface area contributed by atoms with Gasteiger partial charge < -0.3 is 11.1 Å². The Morgan fingerprint density at radius 3 is 2.50 bits per heavy atom. The number of nitrogens with two attached hydrogens (primary N) is 1. The molecule has 1 unspecified atom stereocenters. The van der Waals surface area contributed by atoms with Gasteiger partial charge in [-0.3, -0.25) is 29.4 Å². The fourth-order valence-corrected chi connectivity index (χ4v) is 3.83. The molecule has 30 heavy (non-hydrogen) atoms. The van der Waals surface area contributed by atoms with E-state index in [1.807, 2.05) is 31.2 Å². The minimum atomic E-state index is -0.971. The van der Waals surface area contributed by atoms with E-state index in [9.17, 15) is 19.2 Å². The van der Waals surface area contributed by atoms with Crippen molar-refractivity contribution in [3.8, 4) is 0 Å². The molecule has 8 heteroatoms. The number of hydrogen-bond acceptors (Lipinski definition) is 6. The number of nitrogens with zero attached hydrogens (tertiary/aromatic N) is 1. The van der Waals surface area contributed by atoms with E-state index in [-0.39, 0.29) is 24.4 Å². The van der Waals surface area contributed by atoms with Crippen molar-refractivity contribution in [1.29, 1.82) is 0 Å². The minimum Gasteiger partial charge on any atom is -0.381 e. The smallest absolute Gasteiger partial charge is 0.262 e. The van der Waals surface area contributed by atoms with E-state index in [0.29, 0.717) is 17.7 Å². The fourth-order valence-electron chi connectivity index (χ4n) is 3.83. The maximum Gasteiger partial charge on any atom is 0.262 e. The van der Waals surface area contributed by atoms with Crippen LogP contribution >= 0.6 is 0 Å². The molecule has 8 nitrogen and oxygen atoms in total. The van der Waals surface area contributed by atoms with Crippen LogP contribution in [0.5, 0.6) is 0 Å².